The Balaban J connectivity index is 1.51. The van der Waals surface area contributed by atoms with E-state index in [1.807, 2.05) is 49.1 Å². The molecule has 1 aliphatic rings. The molecule has 2 heterocycles. The van der Waals surface area contributed by atoms with Crippen LogP contribution in [-0.4, -0.2) is 33.0 Å². The molecule has 190 valence electrons. The summed E-state index contributed by atoms with van der Waals surface area (Å²) in [7, 11) is 0. The van der Waals surface area contributed by atoms with Crippen molar-refractivity contribution in [2.24, 2.45) is 0 Å². The van der Waals surface area contributed by atoms with Gasteiger partial charge >= 0.3 is 5.69 Å². The van der Waals surface area contributed by atoms with E-state index >= 15 is 0 Å². The quantitative estimate of drug-likeness (QED) is 0.401. The van der Waals surface area contributed by atoms with Crippen LogP contribution in [0.25, 0.3) is 16.6 Å². The van der Waals surface area contributed by atoms with Crippen LogP contribution in [0.3, 0.4) is 0 Å². The number of nitrogens with zero attached hydrogens (tertiary/aromatic N) is 3. The lowest BCUT2D eigenvalue weighted by Crippen LogP contribution is -2.39. The Morgan fingerprint density at radius 1 is 0.838 bits per heavy atom. The molecule has 37 heavy (non-hydrogen) atoms. The first-order valence-corrected chi connectivity index (χ1v) is 13.1. The van der Waals surface area contributed by atoms with Crippen molar-refractivity contribution in [1.82, 2.24) is 14.0 Å². The lowest BCUT2D eigenvalue weighted by atomic mass is 10.1. The normalized spacial score (nSPS) is 14.1. The molecule has 0 aliphatic carbocycles. The Morgan fingerprint density at radius 3 is 2.27 bits per heavy atom. The summed E-state index contributed by atoms with van der Waals surface area (Å²) in [6.45, 7) is 6.08. The number of fused-ring (bicyclic) bond motifs is 1. The molecule has 0 radical (unpaired) electrons. The van der Waals surface area contributed by atoms with Crippen LogP contribution in [0.4, 0.5) is 0 Å². The lowest BCUT2D eigenvalue weighted by molar-refractivity contribution is -0.130. The fourth-order valence-electron chi connectivity index (χ4n) is 5.21. The third-order valence-corrected chi connectivity index (χ3v) is 7.39. The minimum atomic E-state index is -0.377. The fraction of sp³-hybridized carbons (Fsp3) is 0.323. The van der Waals surface area contributed by atoms with Crippen LogP contribution in [0, 0.1) is 13.8 Å². The lowest BCUT2D eigenvalue weighted by Gasteiger charge is -2.20. The maximum absolute atomic E-state index is 13.8. The van der Waals surface area contributed by atoms with Gasteiger partial charge in [0.1, 0.15) is 0 Å². The Kier molecular flexibility index (Phi) is 7.08. The van der Waals surface area contributed by atoms with Crippen molar-refractivity contribution in [3.63, 3.8) is 0 Å². The third kappa shape index (κ3) is 5.15. The Bertz CT molecular complexity index is 1560. The molecule has 3 aromatic carbocycles. The van der Waals surface area contributed by atoms with Crippen LogP contribution in [-0.2, 0) is 17.8 Å². The van der Waals surface area contributed by atoms with Gasteiger partial charge in [0.15, 0.2) is 0 Å². The van der Waals surface area contributed by atoms with E-state index in [1.54, 1.807) is 22.8 Å². The van der Waals surface area contributed by atoms with Gasteiger partial charge in [-0.2, -0.15) is 0 Å². The first-order valence-electron chi connectivity index (χ1n) is 13.1. The van der Waals surface area contributed by atoms with Gasteiger partial charge in [0.2, 0.25) is 5.91 Å². The van der Waals surface area contributed by atoms with Gasteiger partial charge in [-0.15, -0.1) is 0 Å². The SMILES string of the molecule is Cc1ccc(C)c(Cn2c(=O)n(-c3ccc(CC(=O)N4CCCCCC4)cc3)c(=O)c3ccccc32)c1. The van der Waals surface area contributed by atoms with Crippen LogP contribution < -0.4 is 11.2 Å². The Labute approximate surface area is 216 Å². The zero-order chi connectivity index (χ0) is 25.9. The molecule has 0 N–H and O–H groups in total. The number of aryl methyl sites for hydroxylation is 2. The highest BCUT2D eigenvalue weighted by Crippen LogP contribution is 2.17. The maximum atomic E-state index is 13.8. The molecule has 4 aromatic rings. The molecule has 1 fully saturated rings. The summed E-state index contributed by atoms with van der Waals surface area (Å²) in [5.74, 6) is 0.133. The zero-order valence-corrected chi connectivity index (χ0v) is 21.6. The predicted octanol–water partition coefficient (Wildman–Crippen LogP) is 4.76. The average molecular weight is 496 g/mol. The minimum absolute atomic E-state index is 0.133. The molecule has 0 unspecified atom stereocenters. The van der Waals surface area contributed by atoms with Gasteiger partial charge in [-0.1, -0.05) is 60.9 Å². The third-order valence-electron chi connectivity index (χ3n) is 7.39. The molecule has 1 aromatic heterocycles. The van der Waals surface area contributed by atoms with Crippen molar-refractivity contribution in [1.29, 1.82) is 0 Å². The second kappa shape index (κ2) is 10.6. The van der Waals surface area contributed by atoms with Crippen LogP contribution in [0.2, 0.25) is 0 Å². The number of hydrogen-bond acceptors (Lipinski definition) is 3. The number of rotatable bonds is 5. The van der Waals surface area contributed by atoms with Gasteiger partial charge in [-0.3, -0.25) is 14.2 Å². The van der Waals surface area contributed by atoms with Crippen LogP contribution in [0.5, 0.6) is 0 Å². The number of carbonyl (C=O) groups excluding carboxylic acids is 1. The molecule has 0 saturated carbocycles. The van der Waals surface area contributed by atoms with E-state index < -0.39 is 0 Å². The first-order chi connectivity index (χ1) is 17.9. The molecule has 6 nitrogen and oxygen atoms in total. The van der Waals surface area contributed by atoms with Gasteiger partial charge in [0.25, 0.3) is 5.56 Å². The number of para-hydroxylation sites is 1. The fourth-order valence-corrected chi connectivity index (χ4v) is 5.21. The smallest absolute Gasteiger partial charge is 0.336 e. The highest BCUT2D eigenvalue weighted by Gasteiger charge is 2.18. The second-order valence-electron chi connectivity index (χ2n) is 10.1. The van der Waals surface area contributed by atoms with Crippen LogP contribution in [0.1, 0.15) is 47.9 Å². The Hall–Kier alpha value is -3.93. The molecule has 0 atom stereocenters. The molecule has 0 spiro atoms. The topological polar surface area (TPSA) is 64.3 Å². The van der Waals surface area contributed by atoms with Crippen LogP contribution in [0.15, 0.2) is 76.3 Å². The van der Waals surface area contributed by atoms with Crippen molar-refractivity contribution in [2.45, 2.75) is 52.5 Å². The van der Waals surface area contributed by atoms with Crippen molar-refractivity contribution < 1.29 is 4.79 Å². The molecule has 1 aliphatic heterocycles. The van der Waals surface area contributed by atoms with Crippen molar-refractivity contribution >= 4 is 16.8 Å². The highest BCUT2D eigenvalue weighted by atomic mass is 16.2. The van der Waals surface area contributed by atoms with Crippen molar-refractivity contribution in [3.05, 3.63) is 110 Å². The van der Waals surface area contributed by atoms with E-state index in [1.165, 1.54) is 17.4 Å². The summed E-state index contributed by atoms with van der Waals surface area (Å²) in [5, 5.41) is 0.493. The summed E-state index contributed by atoms with van der Waals surface area (Å²) >= 11 is 0. The summed E-state index contributed by atoms with van der Waals surface area (Å²) < 4.78 is 2.92. The van der Waals surface area contributed by atoms with E-state index in [4.69, 9.17) is 0 Å². The molecule has 1 saturated heterocycles. The standard InChI is InChI=1S/C31H33N3O3/c1-22-11-12-23(2)25(19-22)21-33-28-10-6-5-9-27(28)30(36)34(31(33)37)26-15-13-24(14-16-26)20-29(35)32-17-7-3-4-8-18-32/h5-6,9-16,19H,3-4,7-8,17-18,20-21H2,1-2H3. The summed E-state index contributed by atoms with van der Waals surface area (Å²) in [4.78, 5) is 42.0. The van der Waals surface area contributed by atoms with Crippen molar-refractivity contribution in [2.75, 3.05) is 13.1 Å². The molecule has 5 rings (SSSR count). The maximum Gasteiger partial charge on any atom is 0.336 e. The largest absolute Gasteiger partial charge is 0.342 e. The van der Waals surface area contributed by atoms with Gasteiger partial charge in [0, 0.05) is 13.1 Å². The summed E-state index contributed by atoms with van der Waals surface area (Å²) in [5.41, 5.74) is 4.54. The van der Waals surface area contributed by atoms with E-state index in [2.05, 4.69) is 18.2 Å². The van der Waals surface area contributed by atoms with E-state index in [-0.39, 0.29) is 17.2 Å². The predicted molar refractivity (Wildman–Crippen MR) is 148 cm³/mol. The van der Waals surface area contributed by atoms with E-state index in [9.17, 15) is 14.4 Å². The Morgan fingerprint density at radius 2 is 1.54 bits per heavy atom. The number of carbonyl (C=O) groups is 1. The first kappa shape index (κ1) is 24.8. The van der Waals surface area contributed by atoms with Gasteiger partial charge in [0.05, 0.1) is 29.6 Å². The van der Waals surface area contributed by atoms with Crippen molar-refractivity contribution in [3.8, 4) is 5.69 Å². The summed E-state index contributed by atoms with van der Waals surface area (Å²) in [6.07, 6.45) is 4.80. The second-order valence-corrected chi connectivity index (χ2v) is 10.1. The molecular weight excluding hydrogens is 462 g/mol. The van der Waals surface area contributed by atoms with Gasteiger partial charge in [-0.05, 0) is 67.6 Å². The molecular formula is C31H33N3O3. The zero-order valence-electron chi connectivity index (χ0n) is 21.6. The van der Waals surface area contributed by atoms with Crippen LogP contribution >= 0.6 is 0 Å². The average Bonchev–Trinajstić information content (AvgIpc) is 3.19. The summed E-state index contributed by atoms with van der Waals surface area (Å²) in [6, 6.07) is 20.7. The highest BCUT2D eigenvalue weighted by molar-refractivity contribution is 5.79. The van der Waals surface area contributed by atoms with E-state index in [0.717, 1.165) is 48.2 Å². The number of amides is 1. The molecule has 6 heteroatoms. The number of likely N-dealkylation sites (tertiary alicyclic amines) is 1. The number of benzene rings is 3. The van der Waals surface area contributed by atoms with Gasteiger partial charge < -0.3 is 4.90 Å². The van der Waals surface area contributed by atoms with Gasteiger partial charge in [-0.25, -0.2) is 9.36 Å². The number of aromatic nitrogens is 2. The number of hydrogen-bond donors (Lipinski definition) is 0. The minimum Gasteiger partial charge on any atom is -0.342 e. The monoisotopic (exact) mass is 495 g/mol. The molecule has 1 amide bonds. The molecule has 0 bridgehead atoms. The van der Waals surface area contributed by atoms with E-state index in [0.29, 0.717) is 29.6 Å².